The maximum atomic E-state index is 13.0. The fraction of sp³-hybridized carbons (Fsp3) is 0.409. The number of carbonyl (C=O) groups is 2. The van der Waals surface area contributed by atoms with Crippen LogP contribution >= 0.6 is 11.6 Å². The molecule has 1 fully saturated rings. The topological polar surface area (TPSA) is 73.5 Å². The molecule has 7 heteroatoms. The molecule has 4 rings (SSSR count). The van der Waals surface area contributed by atoms with Gasteiger partial charge in [0.1, 0.15) is 5.56 Å². The van der Waals surface area contributed by atoms with E-state index in [1.807, 2.05) is 38.1 Å². The number of nitrogens with one attached hydrogen (secondary N) is 1. The van der Waals surface area contributed by atoms with Gasteiger partial charge in [-0.2, -0.15) is 0 Å². The number of fused-ring (bicyclic) bond motifs is 1. The van der Waals surface area contributed by atoms with Crippen LogP contribution in [-0.4, -0.2) is 47.8 Å². The number of Topliss-reactive ketones (excluding diaryl/α,β-unsaturated/α-hetero) is 1. The molecule has 1 N–H and O–H groups in total. The van der Waals surface area contributed by atoms with Gasteiger partial charge in [0.05, 0.1) is 10.7 Å². The number of hydrogen-bond acceptors (Lipinski definition) is 4. The van der Waals surface area contributed by atoms with Crippen LogP contribution < -0.4 is 10.5 Å². The van der Waals surface area contributed by atoms with Crippen LogP contribution in [0.15, 0.2) is 35.1 Å². The summed E-state index contributed by atoms with van der Waals surface area (Å²) in [6.45, 7) is 6.24. The monoisotopic (exact) mass is 413 g/mol. The van der Waals surface area contributed by atoms with Gasteiger partial charge in [-0.05, 0) is 30.0 Å². The summed E-state index contributed by atoms with van der Waals surface area (Å²) in [7, 11) is 0. The van der Waals surface area contributed by atoms with Gasteiger partial charge in [-0.3, -0.25) is 14.4 Å². The number of aromatic nitrogens is 1. The highest BCUT2D eigenvalue weighted by Gasteiger charge is 2.33. The molecule has 2 heterocycles. The number of para-hydroxylation sites is 1. The maximum absolute atomic E-state index is 13.0. The summed E-state index contributed by atoms with van der Waals surface area (Å²) in [6.07, 6.45) is 1.03. The lowest BCUT2D eigenvalue weighted by molar-refractivity contribution is 0.0745. The van der Waals surface area contributed by atoms with E-state index in [1.165, 1.54) is 6.07 Å². The number of piperazine rings is 1. The maximum Gasteiger partial charge on any atom is 0.261 e. The third-order valence-electron chi connectivity index (χ3n) is 5.71. The summed E-state index contributed by atoms with van der Waals surface area (Å²) >= 11 is 6.27. The largest absolute Gasteiger partial charge is 0.367 e. The van der Waals surface area contributed by atoms with Crippen LogP contribution in [0.1, 0.15) is 46.7 Å². The van der Waals surface area contributed by atoms with Gasteiger partial charge in [-0.15, -0.1) is 0 Å². The number of anilines is 1. The first-order chi connectivity index (χ1) is 13.7. The Hall–Kier alpha value is -2.60. The SMILES string of the molecule is CC1(C)CC(=O)c2cc(C(=O)N3CCN(c4ccccc4Cl)CC3)c(=O)[nH]c2C1. The third-order valence-corrected chi connectivity index (χ3v) is 6.03. The highest BCUT2D eigenvalue weighted by molar-refractivity contribution is 6.33. The van der Waals surface area contributed by atoms with Gasteiger partial charge in [0, 0.05) is 43.9 Å². The van der Waals surface area contributed by atoms with Gasteiger partial charge in [0.2, 0.25) is 0 Å². The Morgan fingerprint density at radius 1 is 1.07 bits per heavy atom. The van der Waals surface area contributed by atoms with Crippen LogP contribution in [0.2, 0.25) is 5.02 Å². The van der Waals surface area contributed by atoms with Gasteiger partial charge >= 0.3 is 0 Å². The van der Waals surface area contributed by atoms with E-state index in [4.69, 9.17) is 11.6 Å². The van der Waals surface area contributed by atoms with Gasteiger partial charge in [0.25, 0.3) is 11.5 Å². The Kier molecular flexibility index (Phi) is 4.99. The molecule has 2 aromatic rings. The number of nitrogens with zero attached hydrogens (tertiary/aromatic N) is 2. The Labute approximate surface area is 174 Å². The molecule has 0 spiro atoms. The molecule has 1 amide bonds. The van der Waals surface area contributed by atoms with Crippen molar-refractivity contribution in [2.75, 3.05) is 31.1 Å². The number of rotatable bonds is 2. The molecule has 0 atom stereocenters. The molecule has 1 aromatic heterocycles. The third kappa shape index (κ3) is 3.81. The van der Waals surface area contributed by atoms with E-state index in [1.54, 1.807) is 4.90 Å². The molecule has 2 aliphatic rings. The van der Waals surface area contributed by atoms with Crippen molar-refractivity contribution in [3.8, 4) is 0 Å². The van der Waals surface area contributed by atoms with Crippen LogP contribution in [0.5, 0.6) is 0 Å². The highest BCUT2D eigenvalue weighted by atomic mass is 35.5. The molecular formula is C22H24ClN3O3. The number of hydrogen-bond donors (Lipinski definition) is 1. The van der Waals surface area contributed by atoms with Gasteiger partial charge < -0.3 is 14.8 Å². The van der Waals surface area contributed by atoms with E-state index in [0.29, 0.717) is 55.3 Å². The second kappa shape index (κ2) is 7.34. The summed E-state index contributed by atoms with van der Waals surface area (Å²) in [5.41, 5.74) is 1.49. The average molecular weight is 414 g/mol. The first-order valence-electron chi connectivity index (χ1n) is 9.83. The molecule has 6 nitrogen and oxygen atoms in total. The van der Waals surface area contributed by atoms with Crippen LogP contribution in [0.4, 0.5) is 5.69 Å². The zero-order chi connectivity index (χ0) is 20.8. The standard InChI is InChI=1S/C22H24ClN3O3/c1-22(2)12-17-14(19(27)13-22)11-15(20(28)24-17)21(29)26-9-7-25(8-10-26)18-6-4-3-5-16(18)23/h3-6,11H,7-10,12-13H2,1-2H3,(H,24,28). The van der Waals surface area contributed by atoms with Crippen molar-refractivity contribution in [1.29, 1.82) is 0 Å². The van der Waals surface area contributed by atoms with Gasteiger partial charge in [-0.1, -0.05) is 37.6 Å². The minimum absolute atomic E-state index is 0.0231. The zero-order valence-electron chi connectivity index (χ0n) is 16.6. The van der Waals surface area contributed by atoms with Crippen LogP contribution in [0.3, 0.4) is 0 Å². The molecule has 152 valence electrons. The second-order valence-electron chi connectivity index (χ2n) is 8.58. The minimum Gasteiger partial charge on any atom is -0.367 e. The second-order valence-corrected chi connectivity index (χ2v) is 8.98. The molecule has 1 aliphatic carbocycles. The zero-order valence-corrected chi connectivity index (χ0v) is 17.4. The van der Waals surface area contributed by atoms with Crippen molar-refractivity contribution in [3.63, 3.8) is 0 Å². The van der Waals surface area contributed by atoms with Crippen molar-refractivity contribution in [1.82, 2.24) is 9.88 Å². The van der Waals surface area contributed by atoms with E-state index in [9.17, 15) is 14.4 Å². The van der Waals surface area contributed by atoms with Crippen LogP contribution in [0, 0.1) is 5.41 Å². The van der Waals surface area contributed by atoms with E-state index in [-0.39, 0.29) is 22.7 Å². The summed E-state index contributed by atoms with van der Waals surface area (Å²) in [6, 6.07) is 9.12. The molecule has 0 bridgehead atoms. The molecule has 1 aliphatic heterocycles. The Bertz CT molecular complexity index is 1040. The van der Waals surface area contributed by atoms with E-state index in [0.717, 1.165) is 5.69 Å². The van der Waals surface area contributed by atoms with Crippen molar-refractivity contribution < 1.29 is 9.59 Å². The lowest BCUT2D eigenvalue weighted by atomic mass is 9.75. The molecule has 1 saturated heterocycles. The number of halogens is 1. The molecule has 29 heavy (non-hydrogen) atoms. The predicted molar refractivity (Wildman–Crippen MR) is 113 cm³/mol. The first-order valence-corrected chi connectivity index (χ1v) is 10.2. The molecule has 0 saturated carbocycles. The lowest BCUT2D eigenvalue weighted by Gasteiger charge is -2.36. The predicted octanol–water partition coefficient (Wildman–Crippen LogP) is 3.15. The van der Waals surface area contributed by atoms with Crippen molar-refractivity contribution in [2.45, 2.75) is 26.7 Å². The molecule has 1 aromatic carbocycles. The highest BCUT2D eigenvalue weighted by Crippen LogP contribution is 2.33. The van der Waals surface area contributed by atoms with Crippen LogP contribution in [-0.2, 0) is 6.42 Å². The van der Waals surface area contributed by atoms with E-state index >= 15 is 0 Å². The Balaban J connectivity index is 1.53. The molecular weight excluding hydrogens is 390 g/mol. The van der Waals surface area contributed by atoms with E-state index < -0.39 is 5.56 Å². The number of pyridine rings is 1. The number of amides is 1. The fourth-order valence-electron chi connectivity index (χ4n) is 4.22. The molecule has 0 unspecified atom stereocenters. The number of carbonyl (C=O) groups excluding carboxylic acids is 2. The number of benzene rings is 1. The van der Waals surface area contributed by atoms with Crippen LogP contribution in [0.25, 0.3) is 0 Å². The quantitative estimate of drug-likeness (QED) is 0.820. The average Bonchev–Trinajstić information content (AvgIpc) is 2.67. The Morgan fingerprint density at radius 2 is 1.76 bits per heavy atom. The number of ketones is 1. The summed E-state index contributed by atoms with van der Waals surface area (Å²) in [5.74, 6) is -0.351. The van der Waals surface area contributed by atoms with Crippen molar-refractivity contribution >= 4 is 29.0 Å². The van der Waals surface area contributed by atoms with Gasteiger partial charge in [0.15, 0.2) is 5.78 Å². The summed E-state index contributed by atoms with van der Waals surface area (Å²) in [4.78, 5) is 44.7. The van der Waals surface area contributed by atoms with E-state index in [2.05, 4.69) is 9.88 Å². The lowest BCUT2D eigenvalue weighted by Crippen LogP contribution is -2.50. The number of aromatic amines is 1. The van der Waals surface area contributed by atoms with Crippen molar-refractivity contribution in [2.24, 2.45) is 5.41 Å². The Morgan fingerprint density at radius 3 is 2.45 bits per heavy atom. The molecule has 0 radical (unpaired) electrons. The number of H-pyrrole nitrogens is 1. The minimum atomic E-state index is -0.423. The fourth-order valence-corrected chi connectivity index (χ4v) is 4.47. The first kappa shape index (κ1) is 19.7. The summed E-state index contributed by atoms with van der Waals surface area (Å²) < 4.78 is 0. The van der Waals surface area contributed by atoms with Crippen molar-refractivity contribution in [3.05, 3.63) is 62.5 Å². The normalized spacial score (nSPS) is 18.5. The summed E-state index contributed by atoms with van der Waals surface area (Å²) in [5, 5.41) is 0.680. The van der Waals surface area contributed by atoms with Gasteiger partial charge in [-0.25, -0.2) is 0 Å². The smallest absolute Gasteiger partial charge is 0.261 e.